The molecule has 0 radical (unpaired) electrons. The van der Waals surface area contributed by atoms with Crippen LogP contribution in [-0.2, 0) is 0 Å². The van der Waals surface area contributed by atoms with Crippen molar-refractivity contribution in [3.63, 3.8) is 0 Å². The molecule has 1 rings (SSSR count). The van der Waals surface area contributed by atoms with Crippen LogP contribution < -0.4 is 0 Å². The maximum atomic E-state index is 2.27. The maximum Gasteiger partial charge on any atom is 0.0776 e. The summed E-state index contributed by atoms with van der Waals surface area (Å²) in [4.78, 5) is 0. The van der Waals surface area contributed by atoms with Crippen LogP contribution in [0.3, 0.4) is 0 Å². The minimum atomic E-state index is 1.23. The highest BCUT2D eigenvalue weighted by Crippen LogP contribution is 2.02. The minimum Gasteiger partial charge on any atom is -0.0882 e. The monoisotopic (exact) mass is 174 g/mol. The molecule has 70 valence electrons. The lowest BCUT2D eigenvalue weighted by Gasteiger charge is -1.92. The largest absolute Gasteiger partial charge is 0.0882 e. The van der Waals surface area contributed by atoms with Gasteiger partial charge in [-0.2, -0.15) is 0 Å². The molecule has 0 saturated heterocycles. The summed E-state index contributed by atoms with van der Waals surface area (Å²) in [7, 11) is 4.94. The Balaban J connectivity index is 0.000000252. The Morgan fingerprint density at radius 3 is 1.54 bits per heavy atom. The molecule has 0 heterocycles. The van der Waals surface area contributed by atoms with Crippen molar-refractivity contribution in [2.45, 2.75) is 38.9 Å². The van der Waals surface area contributed by atoms with E-state index >= 15 is 0 Å². The Morgan fingerprint density at radius 1 is 1.00 bits per heavy atom. The second kappa shape index (κ2) is 11.7. The summed E-state index contributed by atoms with van der Waals surface area (Å²) in [6.45, 7) is 2.21. The first kappa shape index (κ1) is 12.7. The lowest BCUT2D eigenvalue weighted by molar-refractivity contribution is 0.962. The van der Waals surface area contributed by atoms with E-state index in [1.54, 1.807) is 0 Å². The lowest BCUT2D eigenvalue weighted by Crippen LogP contribution is -1.98. The zero-order valence-corrected chi connectivity index (χ0v) is 9.26. The Hall–Kier alpha value is -0.325. The molecule has 0 aromatic rings. The molecule has 0 aromatic heterocycles. The summed E-state index contributed by atoms with van der Waals surface area (Å²) in [6.07, 6.45) is 15.3. The van der Waals surface area contributed by atoms with Crippen LogP contribution in [-0.4, -0.2) is 22.0 Å². The fourth-order valence-electron chi connectivity index (χ4n) is 1.21. The highest BCUT2D eigenvalue weighted by Gasteiger charge is 1.81. The van der Waals surface area contributed by atoms with E-state index in [0.717, 1.165) is 0 Å². The molecule has 1 aliphatic rings. The number of allylic oxidation sites excluding steroid dienone is 4. The molecule has 0 unspecified atom stereocenters. The predicted octanol–water partition coefficient (Wildman–Crippen LogP) is 1.43. The van der Waals surface area contributed by atoms with Gasteiger partial charge in [-0.3, -0.25) is 0 Å². The molecular weight excluding hydrogens is 153 g/mol. The molecule has 0 saturated carbocycles. The van der Waals surface area contributed by atoms with Crippen LogP contribution in [0, 0.1) is 0 Å². The molecule has 0 aromatic carbocycles. The van der Waals surface area contributed by atoms with Crippen LogP contribution in [0.4, 0.5) is 0 Å². The average molecular weight is 174 g/mol. The second-order valence-corrected chi connectivity index (χ2v) is 3.45. The summed E-state index contributed by atoms with van der Waals surface area (Å²) in [5.41, 5.74) is 0. The highest BCUT2D eigenvalue weighted by molar-refractivity contribution is 7.23. The van der Waals surface area contributed by atoms with Crippen molar-refractivity contribution in [2.75, 3.05) is 0 Å². The predicted molar refractivity (Wildman–Crippen MR) is 70.1 cm³/mol. The number of hydrogen-bond donors (Lipinski definition) is 0. The molecule has 0 N–H and O–H groups in total. The fraction of sp³-hybridized carbons (Fsp3) is 0.600. The third kappa shape index (κ3) is 11.7. The van der Waals surface area contributed by atoms with Crippen LogP contribution in [0.25, 0.3) is 0 Å². The molecular formula is C10H21B3. The van der Waals surface area contributed by atoms with Crippen molar-refractivity contribution in [3.8, 4) is 0 Å². The number of hydrogen-bond acceptors (Lipinski definition) is 0. The van der Waals surface area contributed by atoms with Gasteiger partial charge in [-0.25, -0.2) is 0 Å². The summed E-state index contributed by atoms with van der Waals surface area (Å²) in [5.74, 6) is 0. The van der Waals surface area contributed by atoms with Gasteiger partial charge in [0, 0.05) is 0 Å². The molecule has 0 fully saturated rings. The Labute approximate surface area is 85.7 Å². The van der Waals surface area contributed by atoms with Crippen LogP contribution in [0.1, 0.15) is 32.6 Å². The van der Waals surface area contributed by atoms with Crippen molar-refractivity contribution in [2.24, 2.45) is 0 Å². The topological polar surface area (TPSA) is 0 Å². The Kier molecular flexibility index (Phi) is 11.4. The van der Waals surface area contributed by atoms with Gasteiger partial charge in [-0.15, -0.1) is 0 Å². The summed E-state index contributed by atoms with van der Waals surface area (Å²) >= 11 is 0. The zero-order valence-electron chi connectivity index (χ0n) is 9.26. The van der Waals surface area contributed by atoms with E-state index in [1.165, 1.54) is 46.2 Å². The molecule has 13 heavy (non-hydrogen) atoms. The molecule has 0 amide bonds. The molecule has 3 heteroatoms. The van der Waals surface area contributed by atoms with Gasteiger partial charge in [0.2, 0.25) is 0 Å². The van der Waals surface area contributed by atoms with Gasteiger partial charge in [-0.05, 0) is 25.7 Å². The van der Waals surface area contributed by atoms with Crippen molar-refractivity contribution in [1.82, 2.24) is 0 Å². The van der Waals surface area contributed by atoms with Crippen molar-refractivity contribution in [1.29, 1.82) is 0 Å². The van der Waals surface area contributed by atoms with Crippen LogP contribution >= 0.6 is 0 Å². The van der Waals surface area contributed by atoms with E-state index in [0.29, 0.717) is 0 Å². The smallest absolute Gasteiger partial charge is 0.0776 e. The van der Waals surface area contributed by atoms with Gasteiger partial charge in [0.05, 0.1) is 22.0 Å². The first-order chi connectivity index (χ1) is 6.41. The molecule has 0 spiro atoms. The van der Waals surface area contributed by atoms with Gasteiger partial charge in [-0.1, -0.05) is 37.5 Å². The normalized spacial score (nSPS) is 14.8. The zero-order chi connectivity index (χ0) is 9.78. The van der Waals surface area contributed by atoms with Crippen LogP contribution in [0.5, 0.6) is 0 Å². The average Bonchev–Trinajstić information content (AvgIpc) is 2.05. The third-order valence-electron chi connectivity index (χ3n) is 2.04. The third-order valence-corrected chi connectivity index (χ3v) is 2.04. The Morgan fingerprint density at radius 2 is 1.38 bits per heavy atom. The summed E-state index contributed by atoms with van der Waals surface area (Å²) in [6, 6.07) is 0. The standard InChI is InChI=1S/C8H12.C2H9B3/c1-2-4-6-8-7-5-3-1;1-2-4-5-3/h1-2,7-8H,3-6H2;4-5H,2-3H2,1H3. The maximum absolute atomic E-state index is 2.27. The second-order valence-electron chi connectivity index (χ2n) is 3.45. The van der Waals surface area contributed by atoms with Crippen molar-refractivity contribution < 1.29 is 0 Å². The van der Waals surface area contributed by atoms with Gasteiger partial charge in [0.1, 0.15) is 0 Å². The van der Waals surface area contributed by atoms with Crippen LogP contribution in [0.15, 0.2) is 24.3 Å². The number of rotatable bonds is 2. The molecule has 0 aliphatic heterocycles. The summed E-state index contributed by atoms with van der Waals surface area (Å²) < 4.78 is 0. The van der Waals surface area contributed by atoms with E-state index in [-0.39, 0.29) is 0 Å². The highest BCUT2D eigenvalue weighted by atomic mass is 13.9. The SMILES string of the molecule is BBBCC.C1=CCCC=CCC1. The minimum absolute atomic E-state index is 1.23. The Bertz CT molecular complexity index is 113. The van der Waals surface area contributed by atoms with E-state index < -0.39 is 0 Å². The van der Waals surface area contributed by atoms with Gasteiger partial charge in [0.15, 0.2) is 0 Å². The lowest BCUT2D eigenvalue weighted by atomic mass is 9.27. The molecule has 0 bridgehead atoms. The summed E-state index contributed by atoms with van der Waals surface area (Å²) in [5, 5.41) is 0. The molecule has 0 nitrogen and oxygen atoms in total. The van der Waals surface area contributed by atoms with E-state index in [2.05, 4.69) is 39.0 Å². The van der Waals surface area contributed by atoms with Crippen molar-refractivity contribution >= 4 is 22.0 Å². The van der Waals surface area contributed by atoms with E-state index in [9.17, 15) is 0 Å². The molecule has 1 aliphatic carbocycles. The van der Waals surface area contributed by atoms with E-state index in [4.69, 9.17) is 0 Å². The van der Waals surface area contributed by atoms with Gasteiger partial charge >= 0.3 is 0 Å². The fourth-order valence-corrected chi connectivity index (χ4v) is 1.21. The first-order valence-corrected chi connectivity index (χ1v) is 5.71. The first-order valence-electron chi connectivity index (χ1n) is 5.71. The quantitative estimate of drug-likeness (QED) is 0.438. The van der Waals surface area contributed by atoms with Gasteiger partial charge in [0.25, 0.3) is 0 Å². The van der Waals surface area contributed by atoms with E-state index in [1.807, 2.05) is 0 Å². The molecule has 0 atom stereocenters. The van der Waals surface area contributed by atoms with Crippen LogP contribution in [0.2, 0.25) is 6.32 Å². The van der Waals surface area contributed by atoms with Gasteiger partial charge < -0.3 is 0 Å². The van der Waals surface area contributed by atoms with Crippen molar-refractivity contribution in [3.05, 3.63) is 24.3 Å².